The zero-order valence-corrected chi connectivity index (χ0v) is 17.6. The molecule has 0 unspecified atom stereocenters. The number of esters is 1. The molecule has 31 heavy (non-hydrogen) atoms. The van der Waals surface area contributed by atoms with Crippen LogP contribution in [0.5, 0.6) is 5.75 Å². The fourth-order valence-electron chi connectivity index (χ4n) is 2.84. The van der Waals surface area contributed by atoms with Crippen LogP contribution in [0.15, 0.2) is 53.5 Å². The molecule has 0 spiro atoms. The first-order valence-corrected chi connectivity index (χ1v) is 10.1. The van der Waals surface area contributed by atoms with Gasteiger partial charge in [-0.15, -0.1) is 0 Å². The van der Waals surface area contributed by atoms with Crippen LogP contribution in [0.3, 0.4) is 0 Å². The smallest absolute Gasteiger partial charge is 0.326 e. The zero-order chi connectivity index (χ0) is 22.4. The van der Waals surface area contributed by atoms with Gasteiger partial charge in [0, 0.05) is 18.2 Å². The second-order valence-corrected chi connectivity index (χ2v) is 7.22. The number of aromatic nitrogens is 1. The number of benzene rings is 2. The van der Waals surface area contributed by atoms with E-state index in [0.717, 1.165) is 4.70 Å². The molecule has 0 aliphatic carbocycles. The van der Waals surface area contributed by atoms with Crippen LogP contribution in [0.1, 0.15) is 12.5 Å². The van der Waals surface area contributed by atoms with Gasteiger partial charge in [-0.1, -0.05) is 17.4 Å². The quantitative estimate of drug-likeness (QED) is 0.241. The molecule has 0 N–H and O–H groups in total. The maximum Gasteiger partial charge on any atom is 0.326 e. The van der Waals surface area contributed by atoms with Gasteiger partial charge in [-0.25, -0.2) is 0 Å². The first-order chi connectivity index (χ1) is 14.9. The van der Waals surface area contributed by atoms with Crippen LogP contribution in [0.25, 0.3) is 16.3 Å². The number of rotatable bonds is 7. The Morgan fingerprint density at radius 1 is 1.23 bits per heavy atom. The minimum atomic E-state index is -0.540. The van der Waals surface area contributed by atoms with Crippen LogP contribution in [0.2, 0.25) is 0 Å². The molecule has 3 aromatic rings. The number of nitro benzene ring substituents is 1. The number of thiazole rings is 1. The molecule has 1 amide bonds. The highest BCUT2D eigenvalue weighted by atomic mass is 32.1. The number of non-ortho nitro benzene ring substituents is 1. The normalized spacial score (nSPS) is 11.7. The monoisotopic (exact) mass is 441 g/mol. The Hall–Kier alpha value is -3.79. The lowest BCUT2D eigenvalue weighted by atomic mass is 10.2. The molecule has 1 aromatic heterocycles. The van der Waals surface area contributed by atoms with Gasteiger partial charge in [0.25, 0.3) is 11.6 Å². The summed E-state index contributed by atoms with van der Waals surface area (Å²) in [5.74, 6) is -0.446. The minimum absolute atomic E-state index is 0.0348. The van der Waals surface area contributed by atoms with Crippen molar-refractivity contribution in [3.05, 3.63) is 69.0 Å². The molecule has 2 aromatic carbocycles. The number of carbonyl (C=O) groups is 2. The molecule has 0 atom stereocenters. The topological polar surface area (TPSA) is 113 Å². The average Bonchev–Trinajstić information content (AvgIpc) is 3.09. The predicted octanol–water partition coefficient (Wildman–Crippen LogP) is 3.32. The molecule has 0 saturated heterocycles. The van der Waals surface area contributed by atoms with Gasteiger partial charge in [0.1, 0.15) is 17.8 Å². The van der Waals surface area contributed by atoms with Gasteiger partial charge in [0.2, 0.25) is 0 Å². The Morgan fingerprint density at radius 2 is 1.97 bits per heavy atom. The number of nitrogens with zero attached hydrogens (tertiary/aromatic N) is 3. The molecule has 0 bridgehead atoms. The number of ether oxygens (including phenoxy) is 2. The van der Waals surface area contributed by atoms with Crippen molar-refractivity contribution in [2.75, 3.05) is 13.7 Å². The predicted molar refractivity (Wildman–Crippen MR) is 116 cm³/mol. The summed E-state index contributed by atoms with van der Waals surface area (Å²) in [6.07, 6.45) is 2.77. The van der Waals surface area contributed by atoms with Crippen molar-refractivity contribution in [2.24, 2.45) is 4.99 Å². The number of fused-ring (bicyclic) bond motifs is 1. The Bertz CT molecular complexity index is 1220. The van der Waals surface area contributed by atoms with E-state index in [1.807, 2.05) is 12.1 Å². The van der Waals surface area contributed by atoms with Crippen LogP contribution >= 0.6 is 11.3 Å². The number of amides is 1. The molecule has 3 rings (SSSR count). The highest BCUT2D eigenvalue weighted by Crippen LogP contribution is 2.27. The van der Waals surface area contributed by atoms with Crippen LogP contribution < -0.4 is 9.54 Å². The first kappa shape index (κ1) is 21.9. The summed E-state index contributed by atoms with van der Waals surface area (Å²) in [6.45, 7) is 1.83. The maximum absolute atomic E-state index is 12.4. The molecule has 0 saturated carbocycles. The van der Waals surface area contributed by atoms with E-state index in [0.29, 0.717) is 21.6 Å². The SMILES string of the molecule is CCOC(=O)Cn1c(=NC(=O)C=Cc2ccc([N+](=O)[O-])cc2)sc2cccc(OC)c21. The largest absolute Gasteiger partial charge is 0.495 e. The molecular weight excluding hydrogens is 422 g/mol. The summed E-state index contributed by atoms with van der Waals surface area (Å²) in [7, 11) is 1.52. The van der Waals surface area contributed by atoms with Gasteiger partial charge < -0.3 is 14.0 Å². The van der Waals surface area contributed by atoms with E-state index in [-0.39, 0.29) is 18.8 Å². The minimum Gasteiger partial charge on any atom is -0.495 e. The van der Waals surface area contributed by atoms with Crippen molar-refractivity contribution in [3.8, 4) is 5.75 Å². The second-order valence-electron chi connectivity index (χ2n) is 6.21. The summed E-state index contributed by atoms with van der Waals surface area (Å²) in [5, 5.41) is 10.7. The molecular formula is C21H19N3O6S. The van der Waals surface area contributed by atoms with E-state index in [1.54, 1.807) is 17.6 Å². The summed E-state index contributed by atoms with van der Waals surface area (Å²) in [6, 6.07) is 11.2. The Labute approximate surface area is 181 Å². The van der Waals surface area contributed by atoms with Gasteiger partial charge in [0.05, 0.1) is 23.3 Å². The van der Waals surface area contributed by atoms with Crippen molar-refractivity contribution in [3.63, 3.8) is 0 Å². The summed E-state index contributed by atoms with van der Waals surface area (Å²) < 4.78 is 12.8. The number of para-hydroxylation sites is 1. The van der Waals surface area contributed by atoms with E-state index in [4.69, 9.17) is 9.47 Å². The third-order valence-corrected chi connectivity index (χ3v) is 5.25. The summed E-state index contributed by atoms with van der Waals surface area (Å²) in [4.78, 5) is 39.2. The maximum atomic E-state index is 12.4. The number of methoxy groups -OCH3 is 1. The summed E-state index contributed by atoms with van der Waals surface area (Å²) in [5.41, 5.74) is 1.23. The van der Waals surface area contributed by atoms with Crippen LogP contribution in [-0.4, -0.2) is 35.1 Å². The molecule has 10 heteroatoms. The van der Waals surface area contributed by atoms with E-state index in [2.05, 4.69) is 4.99 Å². The average molecular weight is 441 g/mol. The van der Waals surface area contributed by atoms with Crippen LogP contribution in [0.4, 0.5) is 5.69 Å². The molecule has 0 radical (unpaired) electrons. The molecule has 0 aliphatic rings. The third-order valence-electron chi connectivity index (χ3n) is 4.20. The third kappa shape index (κ3) is 5.23. The molecule has 9 nitrogen and oxygen atoms in total. The van der Waals surface area contributed by atoms with Crippen molar-refractivity contribution < 1.29 is 24.0 Å². The van der Waals surface area contributed by atoms with Crippen molar-refractivity contribution in [1.29, 1.82) is 0 Å². The zero-order valence-electron chi connectivity index (χ0n) is 16.8. The molecule has 160 valence electrons. The second kappa shape index (κ2) is 9.81. The van der Waals surface area contributed by atoms with Crippen molar-refractivity contribution in [1.82, 2.24) is 4.57 Å². The molecule has 0 fully saturated rings. The first-order valence-electron chi connectivity index (χ1n) is 9.26. The fourth-order valence-corrected chi connectivity index (χ4v) is 3.89. The van der Waals surface area contributed by atoms with E-state index >= 15 is 0 Å². The number of hydrogen-bond acceptors (Lipinski definition) is 7. The number of carbonyl (C=O) groups excluding carboxylic acids is 2. The van der Waals surface area contributed by atoms with Crippen molar-refractivity contribution in [2.45, 2.75) is 13.5 Å². The van der Waals surface area contributed by atoms with Gasteiger partial charge in [-0.2, -0.15) is 4.99 Å². The van der Waals surface area contributed by atoms with Crippen LogP contribution in [0, 0.1) is 10.1 Å². The Balaban J connectivity index is 1.97. The van der Waals surface area contributed by atoms with Crippen molar-refractivity contribution >= 4 is 45.2 Å². The lowest BCUT2D eigenvalue weighted by Crippen LogP contribution is -2.23. The number of hydrogen-bond donors (Lipinski definition) is 0. The van der Waals surface area contributed by atoms with Gasteiger partial charge in [-0.05, 0) is 42.8 Å². The number of nitro groups is 1. The highest BCUT2D eigenvalue weighted by Gasteiger charge is 2.15. The van der Waals surface area contributed by atoms with Gasteiger partial charge in [-0.3, -0.25) is 19.7 Å². The van der Waals surface area contributed by atoms with Gasteiger partial charge >= 0.3 is 5.97 Å². The fraction of sp³-hybridized carbons (Fsp3) is 0.190. The van der Waals surface area contributed by atoms with Gasteiger partial charge in [0.15, 0.2) is 4.80 Å². The molecule has 0 aliphatic heterocycles. The molecule has 1 heterocycles. The lowest BCUT2D eigenvalue weighted by molar-refractivity contribution is -0.384. The van der Waals surface area contributed by atoms with E-state index < -0.39 is 16.8 Å². The van der Waals surface area contributed by atoms with E-state index in [1.165, 1.54) is 54.9 Å². The van der Waals surface area contributed by atoms with Crippen LogP contribution in [-0.2, 0) is 20.9 Å². The standard InChI is InChI=1S/C21H19N3O6S/c1-3-30-19(26)13-23-20-16(29-2)5-4-6-17(20)31-21(23)22-18(25)12-9-14-7-10-15(11-8-14)24(27)28/h4-12H,3,13H2,1-2H3. The Morgan fingerprint density at radius 3 is 2.61 bits per heavy atom. The lowest BCUT2D eigenvalue weighted by Gasteiger charge is -2.08. The highest BCUT2D eigenvalue weighted by molar-refractivity contribution is 7.16. The Kier molecular flexibility index (Phi) is 6.93. The summed E-state index contributed by atoms with van der Waals surface area (Å²) >= 11 is 1.25. The van der Waals surface area contributed by atoms with E-state index in [9.17, 15) is 19.7 Å².